The smallest absolute Gasteiger partial charge is 0.411 e. The van der Waals surface area contributed by atoms with Gasteiger partial charge in [0, 0.05) is 19.0 Å². The van der Waals surface area contributed by atoms with E-state index in [1.165, 1.54) is 11.3 Å². The molecule has 1 atom stereocenters. The van der Waals surface area contributed by atoms with Gasteiger partial charge in [-0.15, -0.1) is 11.3 Å². The van der Waals surface area contributed by atoms with E-state index < -0.39 is 5.60 Å². The van der Waals surface area contributed by atoms with Crippen molar-refractivity contribution in [3.05, 3.63) is 23.2 Å². The van der Waals surface area contributed by atoms with Crippen LogP contribution in [0.2, 0.25) is 0 Å². The average Bonchev–Trinajstić information content (AvgIpc) is 2.95. The van der Waals surface area contributed by atoms with Crippen LogP contribution in [-0.2, 0) is 4.74 Å². The van der Waals surface area contributed by atoms with Gasteiger partial charge < -0.3 is 10.1 Å². The van der Waals surface area contributed by atoms with E-state index in [0.29, 0.717) is 6.54 Å². The first-order chi connectivity index (χ1) is 8.90. The Balaban J connectivity index is 2.12. The number of nitrogens with zero attached hydrogens (tertiary/aromatic N) is 2. The molecule has 6 heteroatoms. The van der Waals surface area contributed by atoms with E-state index >= 15 is 0 Å². The Morgan fingerprint density at radius 1 is 1.58 bits per heavy atom. The van der Waals surface area contributed by atoms with Gasteiger partial charge in [-0.05, 0) is 20.8 Å². The van der Waals surface area contributed by atoms with Crippen LogP contribution in [0.15, 0.2) is 17.5 Å². The van der Waals surface area contributed by atoms with E-state index in [4.69, 9.17) is 4.74 Å². The van der Waals surface area contributed by atoms with Gasteiger partial charge in [-0.2, -0.15) is 0 Å². The maximum atomic E-state index is 12.1. The van der Waals surface area contributed by atoms with Crippen molar-refractivity contribution in [3.8, 4) is 0 Å². The Labute approximate surface area is 117 Å². The highest BCUT2D eigenvalue weighted by atomic mass is 32.1. The zero-order valence-electron chi connectivity index (χ0n) is 11.6. The van der Waals surface area contributed by atoms with Gasteiger partial charge in [0.05, 0.1) is 11.7 Å². The minimum Gasteiger partial charge on any atom is -0.444 e. The molecule has 1 amide bonds. The van der Waals surface area contributed by atoms with Crippen LogP contribution in [0.25, 0.3) is 0 Å². The molecule has 1 N–H and O–H groups in total. The van der Waals surface area contributed by atoms with Gasteiger partial charge in [-0.3, -0.25) is 4.90 Å². The molecule has 5 nitrogen and oxygen atoms in total. The summed E-state index contributed by atoms with van der Waals surface area (Å²) in [6.07, 6.45) is 3.65. The summed E-state index contributed by atoms with van der Waals surface area (Å²) in [5.41, 5.74) is 0.386. The molecular weight excluding hydrogens is 262 g/mol. The fourth-order valence-corrected chi connectivity index (χ4v) is 2.52. The number of amides is 1. The lowest BCUT2D eigenvalue weighted by Gasteiger charge is -2.27. The van der Waals surface area contributed by atoms with Crippen molar-refractivity contribution in [2.45, 2.75) is 32.4 Å². The molecule has 2 rings (SSSR count). The molecule has 0 aromatic carbocycles. The number of anilines is 1. The number of ether oxygens (including phenoxy) is 1. The predicted molar refractivity (Wildman–Crippen MR) is 76.5 cm³/mol. The van der Waals surface area contributed by atoms with Gasteiger partial charge in [0.1, 0.15) is 5.60 Å². The van der Waals surface area contributed by atoms with Crippen molar-refractivity contribution in [2.75, 3.05) is 18.9 Å². The molecule has 1 aliphatic rings. The molecule has 0 bridgehead atoms. The number of carbonyl (C=O) groups is 1. The summed E-state index contributed by atoms with van der Waals surface area (Å²) < 4.78 is 5.41. The second-order valence-corrected chi connectivity index (χ2v) is 6.19. The highest BCUT2D eigenvalue weighted by Crippen LogP contribution is 2.30. The molecule has 0 aliphatic carbocycles. The van der Waals surface area contributed by atoms with Crippen molar-refractivity contribution < 1.29 is 9.53 Å². The molecule has 0 spiro atoms. The Bertz CT molecular complexity index is 490. The van der Waals surface area contributed by atoms with E-state index in [2.05, 4.69) is 10.3 Å². The fourth-order valence-electron chi connectivity index (χ4n) is 1.82. The van der Waals surface area contributed by atoms with Crippen molar-refractivity contribution in [1.82, 2.24) is 9.88 Å². The molecule has 0 fully saturated rings. The topological polar surface area (TPSA) is 54.5 Å². The largest absolute Gasteiger partial charge is 0.444 e. The summed E-state index contributed by atoms with van der Waals surface area (Å²) in [6.45, 7) is 6.16. The van der Waals surface area contributed by atoms with E-state index in [1.54, 1.807) is 4.90 Å². The van der Waals surface area contributed by atoms with E-state index in [0.717, 1.165) is 10.8 Å². The maximum Gasteiger partial charge on any atom is 0.411 e. The number of thiazole rings is 1. The molecule has 1 aromatic rings. The molecule has 0 unspecified atom stereocenters. The van der Waals surface area contributed by atoms with Crippen molar-refractivity contribution >= 4 is 22.6 Å². The van der Waals surface area contributed by atoms with Gasteiger partial charge in [0.25, 0.3) is 0 Å². The number of hydrogen-bond donors (Lipinski definition) is 1. The molecular formula is C13H19N3O2S. The number of aromatic nitrogens is 1. The van der Waals surface area contributed by atoms with Gasteiger partial charge in [0.15, 0.2) is 5.13 Å². The first-order valence-corrected chi connectivity index (χ1v) is 7.08. The third-order valence-corrected chi connectivity index (χ3v) is 3.50. The van der Waals surface area contributed by atoms with E-state index in [-0.39, 0.29) is 12.1 Å². The highest BCUT2D eigenvalue weighted by Gasteiger charge is 2.31. The van der Waals surface area contributed by atoms with Crippen molar-refractivity contribution in [3.63, 3.8) is 0 Å². The Kier molecular flexibility index (Phi) is 3.80. The zero-order chi connectivity index (χ0) is 14.0. The van der Waals surface area contributed by atoms with Gasteiger partial charge >= 0.3 is 6.09 Å². The lowest BCUT2D eigenvalue weighted by molar-refractivity contribution is 0.0238. The Morgan fingerprint density at radius 3 is 2.89 bits per heavy atom. The molecule has 1 aliphatic heterocycles. The highest BCUT2D eigenvalue weighted by molar-refractivity contribution is 7.13. The molecule has 2 heterocycles. The number of rotatable bonds is 2. The van der Waals surface area contributed by atoms with Crippen LogP contribution in [0.4, 0.5) is 9.93 Å². The predicted octanol–water partition coefficient (Wildman–Crippen LogP) is 3.03. The second-order valence-electron chi connectivity index (χ2n) is 5.33. The summed E-state index contributed by atoms with van der Waals surface area (Å²) in [4.78, 5) is 18.3. The summed E-state index contributed by atoms with van der Waals surface area (Å²) in [5, 5.41) is 5.81. The first kappa shape index (κ1) is 13.9. The van der Waals surface area contributed by atoms with Crippen molar-refractivity contribution in [2.24, 2.45) is 0 Å². The third kappa shape index (κ3) is 3.26. The standard InChI is InChI=1S/C13H19N3O2S/c1-13(2,3)18-12(17)16-7-5-6-10(16)9-8-19-11(14-4)15-9/h5-6,8,10H,7H2,1-4H3,(H,14,15)/t10-/m1/s1. The van der Waals surface area contributed by atoms with Crippen molar-refractivity contribution in [1.29, 1.82) is 0 Å². The van der Waals surface area contributed by atoms with Crippen LogP contribution >= 0.6 is 11.3 Å². The lowest BCUT2D eigenvalue weighted by Crippen LogP contribution is -2.36. The second kappa shape index (κ2) is 5.21. The molecule has 0 radical (unpaired) electrons. The normalized spacial score (nSPS) is 18.7. The summed E-state index contributed by atoms with van der Waals surface area (Å²) >= 11 is 1.53. The summed E-state index contributed by atoms with van der Waals surface area (Å²) in [7, 11) is 1.83. The maximum absolute atomic E-state index is 12.1. The molecule has 1 aromatic heterocycles. The molecule has 0 saturated heterocycles. The van der Waals surface area contributed by atoms with Crippen LogP contribution in [-0.4, -0.2) is 35.2 Å². The van der Waals surface area contributed by atoms with Crippen LogP contribution in [0.5, 0.6) is 0 Å². The summed E-state index contributed by atoms with van der Waals surface area (Å²) in [6, 6.07) is -0.131. The van der Waals surface area contributed by atoms with Crippen LogP contribution < -0.4 is 5.32 Å². The molecule has 0 saturated carbocycles. The van der Waals surface area contributed by atoms with E-state index in [1.807, 2.05) is 45.4 Å². The number of hydrogen-bond acceptors (Lipinski definition) is 5. The fraction of sp³-hybridized carbons (Fsp3) is 0.538. The average molecular weight is 281 g/mol. The van der Waals surface area contributed by atoms with E-state index in [9.17, 15) is 4.79 Å². The van der Waals surface area contributed by atoms with Gasteiger partial charge in [-0.25, -0.2) is 9.78 Å². The summed E-state index contributed by atoms with van der Waals surface area (Å²) in [5.74, 6) is 0. The minimum absolute atomic E-state index is 0.131. The number of nitrogens with one attached hydrogen (secondary N) is 1. The van der Waals surface area contributed by atoms with Gasteiger partial charge in [-0.1, -0.05) is 12.2 Å². The molecule has 104 valence electrons. The minimum atomic E-state index is -0.484. The third-order valence-electron chi connectivity index (χ3n) is 2.62. The number of carbonyl (C=O) groups excluding carboxylic acids is 1. The molecule has 19 heavy (non-hydrogen) atoms. The van der Waals surface area contributed by atoms with Crippen LogP contribution in [0, 0.1) is 0 Å². The Morgan fingerprint density at radius 2 is 2.32 bits per heavy atom. The first-order valence-electron chi connectivity index (χ1n) is 6.20. The monoisotopic (exact) mass is 281 g/mol. The van der Waals surface area contributed by atoms with Gasteiger partial charge in [0.2, 0.25) is 0 Å². The Hall–Kier alpha value is -1.56. The lowest BCUT2D eigenvalue weighted by atomic mass is 10.2. The van der Waals surface area contributed by atoms with Crippen LogP contribution in [0.3, 0.4) is 0 Å². The SMILES string of the molecule is CNc1nc([C@H]2C=CCN2C(=O)OC(C)(C)C)cs1. The quantitative estimate of drug-likeness (QED) is 0.847. The van der Waals surface area contributed by atoms with Crippen LogP contribution in [0.1, 0.15) is 32.5 Å². The zero-order valence-corrected chi connectivity index (χ0v) is 12.5.